The van der Waals surface area contributed by atoms with Gasteiger partial charge in [-0.2, -0.15) is 15.8 Å². The van der Waals surface area contributed by atoms with Gasteiger partial charge in [-0.1, -0.05) is 74.5 Å². The van der Waals surface area contributed by atoms with E-state index < -0.39 is 17.3 Å². The van der Waals surface area contributed by atoms with Gasteiger partial charge in [-0.25, -0.2) is 0 Å². The summed E-state index contributed by atoms with van der Waals surface area (Å²) in [6.45, 7) is 6.31. The smallest absolute Gasteiger partial charge is 0.189 e. The molecule has 33 heavy (non-hydrogen) atoms. The van der Waals surface area contributed by atoms with Crippen molar-refractivity contribution in [3.63, 3.8) is 0 Å². The maximum atomic E-state index is 10.2. The van der Waals surface area contributed by atoms with Gasteiger partial charge in [0.1, 0.15) is 5.92 Å². The summed E-state index contributed by atoms with van der Waals surface area (Å²) in [6.07, 6.45) is 2.05. The van der Waals surface area contributed by atoms with E-state index in [2.05, 4.69) is 49.1 Å². The Kier molecular flexibility index (Phi) is 6.15. The van der Waals surface area contributed by atoms with Crippen LogP contribution < -0.4 is 0 Å². The van der Waals surface area contributed by atoms with Crippen LogP contribution >= 0.6 is 0 Å². The molecule has 2 aromatic rings. The van der Waals surface area contributed by atoms with Crippen LogP contribution in [0, 0.1) is 56.7 Å². The van der Waals surface area contributed by atoms with Gasteiger partial charge in [0.15, 0.2) is 5.41 Å². The van der Waals surface area contributed by atoms with E-state index in [9.17, 15) is 15.8 Å². The number of rotatable bonds is 4. The average molecular weight is 434 g/mol. The van der Waals surface area contributed by atoms with Crippen molar-refractivity contribution in [2.45, 2.75) is 32.2 Å². The molecule has 2 aliphatic rings. The van der Waals surface area contributed by atoms with Crippen molar-refractivity contribution < 1.29 is 0 Å². The van der Waals surface area contributed by atoms with Crippen LogP contribution in [0.1, 0.15) is 42.4 Å². The van der Waals surface area contributed by atoms with Crippen LogP contribution in [-0.2, 0) is 6.54 Å². The lowest BCUT2D eigenvalue weighted by Gasteiger charge is -2.47. The highest BCUT2D eigenvalue weighted by Crippen LogP contribution is 2.53. The van der Waals surface area contributed by atoms with Gasteiger partial charge in [-0.15, -0.1) is 0 Å². The van der Waals surface area contributed by atoms with Crippen molar-refractivity contribution in [1.29, 1.82) is 21.2 Å². The zero-order valence-electron chi connectivity index (χ0n) is 19.0. The SMILES string of the molecule is CC(C)c1ccc([C@@H]2[C@H]3CN(Cc4ccccc4)CC=C3[C@H](C#N)C(=N)C2(C#N)C#N)cc1. The normalized spacial score (nSPS) is 24.2. The molecule has 164 valence electrons. The second-order valence-corrected chi connectivity index (χ2v) is 9.30. The van der Waals surface area contributed by atoms with E-state index in [0.29, 0.717) is 19.0 Å². The molecular weight excluding hydrogens is 406 g/mol. The number of nitrogens with one attached hydrogen (secondary N) is 1. The van der Waals surface area contributed by atoms with E-state index >= 15 is 0 Å². The number of hydrogen-bond acceptors (Lipinski definition) is 5. The summed E-state index contributed by atoms with van der Waals surface area (Å²) in [4.78, 5) is 2.29. The van der Waals surface area contributed by atoms with E-state index in [4.69, 9.17) is 5.41 Å². The predicted octanol–water partition coefficient (Wildman–Crippen LogP) is 5.16. The Morgan fingerprint density at radius 1 is 1.03 bits per heavy atom. The molecule has 4 rings (SSSR count). The van der Waals surface area contributed by atoms with Gasteiger partial charge in [-0.05, 0) is 28.2 Å². The molecule has 0 aromatic heterocycles. The predicted molar refractivity (Wildman–Crippen MR) is 127 cm³/mol. The fraction of sp³-hybridized carbons (Fsp3) is 0.357. The Hall–Kier alpha value is -3.72. The highest BCUT2D eigenvalue weighted by atomic mass is 15.1. The summed E-state index contributed by atoms with van der Waals surface area (Å²) in [6, 6.07) is 24.9. The Morgan fingerprint density at radius 2 is 1.70 bits per heavy atom. The minimum Gasteiger partial charge on any atom is -0.305 e. The van der Waals surface area contributed by atoms with Crippen LogP contribution in [0.25, 0.3) is 0 Å². The molecule has 1 saturated carbocycles. The second-order valence-electron chi connectivity index (χ2n) is 9.30. The fourth-order valence-corrected chi connectivity index (χ4v) is 5.30. The van der Waals surface area contributed by atoms with Crippen LogP contribution in [0.5, 0.6) is 0 Å². The van der Waals surface area contributed by atoms with Gasteiger partial charge in [0, 0.05) is 31.5 Å². The average Bonchev–Trinajstić information content (AvgIpc) is 2.84. The molecule has 0 unspecified atom stereocenters. The molecule has 1 aliphatic heterocycles. The standard InChI is InChI=1S/C28H27N5/c1-19(2)21-8-10-22(11-9-21)26-25-16-33(15-20-6-4-3-5-7-20)13-12-23(25)24(14-29)27(32)28(26,17-30)18-31/h3-12,19,24-26,32H,13,15-16H2,1-2H3/t24-,25-,26+/m0/s1. The summed E-state index contributed by atoms with van der Waals surface area (Å²) >= 11 is 0. The molecule has 1 aliphatic carbocycles. The van der Waals surface area contributed by atoms with E-state index in [1.54, 1.807) is 0 Å². The highest BCUT2D eigenvalue weighted by molar-refractivity contribution is 6.00. The van der Waals surface area contributed by atoms with Crippen LogP contribution in [0.15, 0.2) is 66.2 Å². The molecule has 0 amide bonds. The van der Waals surface area contributed by atoms with E-state index in [-0.39, 0.29) is 11.6 Å². The third-order valence-electron chi connectivity index (χ3n) is 7.08. The Balaban J connectivity index is 1.80. The van der Waals surface area contributed by atoms with Crippen LogP contribution in [0.4, 0.5) is 0 Å². The van der Waals surface area contributed by atoms with E-state index in [1.165, 1.54) is 11.1 Å². The van der Waals surface area contributed by atoms with Crippen molar-refractivity contribution in [2.24, 2.45) is 17.3 Å². The number of fused-ring (bicyclic) bond motifs is 1. The maximum absolute atomic E-state index is 10.2. The van der Waals surface area contributed by atoms with Crippen molar-refractivity contribution in [1.82, 2.24) is 4.90 Å². The van der Waals surface area contributed by atoms with Crippen LogP contribution in [0.3, 0.4) is 0 Å². The molecular formula is C28H27N5. The van der Waals surface area contributed by atoms with Crippen LogP contribution in [-0.4, -0.2) is 23.7 Å². The molecule has 5 nitrogen and oxygen atoms in total. The summed E-state index contributed by atoms with van der Waals surface area (Å²) in [5.41, 5.74) is 2.37. The monoisotopic (exact) mass is 433 g/mol. The molecule has 1 fully saturated rings. The fourth-order valence-electron chi connectivity index (χ4n) is 5.30. The first-order chi connectivity index (χ1) is 15.9. The lowest BCUT2D eigenvalue weighted by molar-refractivity contribution is 0.198. The van der Waals surface area contributed by atoms with Crippen molar-refractivity contribution >= 4 is 5.71 Å². The highest BCUT2D eigenvalue weighted by Gasteiger charge is 2.57. The Morgan fingerprint density at radius 3 is 2.27 bits per heavy atom. The zero-order valence-corrected chi connectivity index (χ0v) is 19.0. The summed E-state index contributed by atoms with van der Waals surface area (Å²) in [5, 5.41) is 39.2. The molecule has 0 radical (unpaired) electrons. The summed E-state index contributed by atoms with van der Waals surface area (Å²) in [7, 11) is 0. The molecule has 0 bridgehead atoms. The van der Waals surface area contributed by atoms with E-state index in [1.807, 2.05) is 48.5 Å². The Bertz CT molecular complexity index is 1170. The van der Waals surface area contributed by atoms with Gasteiger partial charge in [-0.3, -0.25) is 4.90 Å². The summed E-state index contributed by atoms with van der Waals surface area (Å²) in [5.74, 6) is -1.16. The number of nitrogens with zero attached hydrogens (tertiary/aromatic N) is 4. The van der Waals surface area contributed by atoms with E-state index in [0.717, 1.165) is 17.7 Å². The molecule has 3 atom stereocenters. The van der Waals surface area contributed by atoms with Gasteiger partial charge < -0.3 is 5.41 Å². The minimum absolute atomic E-state index is 0.0908. The third kappa shape index (κ3) is 3.84. The topological polar surface area (TPSA) is 98.5 Å². The van der Waals surface area contributed by atoms with Gasteiger partial charge >= 0.3 is 0 Å². The quantitative estimate of drug-likeness (QED) is 0.673. The number of hydrogen-bond donors (Lipinski definition) is 1. The van der Waals surface area contributed by atoms with Gasteiger partial charge in [0.05, 0.1) is 23.9 Å². The van der Waals surface area contributed by atoms with Gasteiger partial charge in [0.25, 0.3) is 0 Å². The number of nitriles is 3. The lowest BCUT2D eigenvalue weighted by atomic mass is 9.54. The van der Waals surface area contributed by atoms with Crippen LogP contribution in [0.2, 0.25) is 0 Å². The summed E-state index contributed by atoms with van der Waals surface area (Å²) < 4.78 is 0. The van der Waals surface area contributed by atoms with Crippen molar-refractivity contribution in [3.8, 4) is 18.2 Å². The maximum Gasteiger partial charge on any atom is 0.189 e. The van der Waals surface area contributed by atoms with Gasteiger partial charge in [0.2, 0.25) is 0 Å². The third-order valence-corrected chi connectivity index (χ3v) is 7.08. The molecule has 2 aromatic carbocycles. The molecule has 0 saturated heterocycles. The first-order valence-electron chi connectivity index (χ1n) is 11.3. The molecule has 5 heteroatoms. The molecule has 1 heterocycles. The molecule has 0 spiro atoms. The Labute approximate surface area is 195 Å². The lowest BCUT2D eigenvalue weighted by Crippen LogP contribution is -2.52. The first kappa shape index (κ1) is 22.5. The van der Waals surface area contributed by atoms with Crippen molar-refractivity contribution in [2.75, 3.05) is 13.1 Å². The zero-order chi connectivity index (χ0) is 23.6. The minimum atomic E-state index is -1.67. The first-order valence-corrected chi connectivity index (χ1v) is 11.3. The number of benzene rings is 2. The largest absolute Gasteiger partial charge is 0.305 e. The van der Waals surface area contributed by atoms with Crippen molar-refractivity contribution in [3.05, 3.63) is 82.9 Å². The molecule has 1 N–H and O–H groups in total. The second kappa shape index (κ2) is 9.03.